The second-order valence-electron chi connectivity index (χ2n) is 7.54. The molecule has 0 atom stereocenters. The molecule has 0 saturated carbocycles. The number of methoxy groups -OCH3 is 2. The third-order valence-electron chi connectivity index (χ3n) is 5.27. The SMILES string of the molecule is COC(=O)c1cccc(OCC(=O)Nc2cc(S(=O)(=O)N3CCCCCC3)ccc2OC)c1. The van der Waals surface area contributed by atoms with Crippen molar-refractivity contribution in [3.63, 3.8) is 0 Å². The number of amides is 1. The van der Waals surface area contributed by atoms with Crippen LogP contribution < -0.4 is 14.8 Å². The molecule has 0 spiro atoms. The molecule has 1 N–H and O–H groups in total. The van der Waals surface area contributed by atoms with Gasteiger partial charge in [-0.15, -0.1) is 0 Å². The van der Waals surface area contributed by atoms with Gasteiger partial charge in [-0.05, 0) is 49.2 Å². The van der Waals surface area contributed by atoms with Crippen LogP contribution in [0.5, 0.6) is 11.5 Å². The molecule has 33 heavy (non-hydrogen) atoms. The van der Waals surface area contributed by atoms with E-state index in [-0.39, 0.29) is 17.2 Å². The summed E-state index contributed by atoms with van der Waals surface area (Å²) in [6, 6.07) is 10.6. The number of carbonyl (C=O) groups is 2. The van der Waals surface area contributed by atoms with Gasteiger partial charge in [-0.25, -0.2) is 13.2 Å². The summed E-state index contributed by atoms with van der Waals surface area (Å²) < 4.78 is 43.1. The molecule has 0 bridgehead atoms. The first-order chi connectivity index (χ1) is 15.8. The van der Waals surface area contributed by atoms with Crippen LogP contribution in [0.1, 0.15) is 36.0 Å². The Balaban J connectivity index is 1.72. The molecule has 1 aliphatic heterocycles. The first-order valence-electron chi connectivity index (χ1n) is 10.6. The maximum absolute atomic E-state index is 13.1. The molecule has 2 aromatic rings. The summed E-state index contributed by atoms with van der Waals surface area (Å²) in [4.78, 5) is 24.2. The Morgan fingerprint density at radius 1 is 1.00 bits per heavy atom. The highest BCUT2D eigenvalue weighted by Gasteiger charge is 2.26. The lowest BCUT2D eigenvalue weighted by Gasteiger charge is -2.21. The smallest absolute Gasteiger partial charge is 0.337 e. The number of hydrogen-bond donors (Lipinski definition) is 1. The Hall–Kier alpha value is -3.11. The molecule has 0 aliphatic carbocycles. The molecular weight excluding hydrogens is 448 g/mol. The minimum absolute atomic E-state index is 0.0900. The van der Waals surface area contributed by atoms with Crippen molar-refractivity contribution in [2.24, 2.45) is 0 Å². The highest BCUT2D eigenvalue weighted by atomic mass is 32.2. The quantitative estimate of drug-likeness (QED) is 0.583. The zero-order valence-corrected chi connectivity index (χ0v) is 19.5. The maximum atomic E-state index is 13.1. The zero-order chi connectivity index (χ0) is 23.8. The molecule has 0 aromatic heterocycles. The van der Waals surface area contributed by atoms with E-state index in [1.165, 1.54) is 42.8 Å². The molecule has 1 fully saturated rings. The van der Waals surface area contributed by atoms with Crippen LogP contribution in [0.15, 0.2) is 47.4 Å². The van der Waals surface area contributed by atoms with E-state index in [1.807, 2.05) is 0 Å². The first kappa shape index (κ1) is 24.5. The minimum Gasteiger partial charge on any atom is -0.495 e. The number of rotatable bonds is 8. The number of esters is 1. The fourth-order valence-corrected chi connectivity index (χ4v) is 5.09. The number of nitrogens with zero attached hydrogens (tertiary/aromatic N) is 1. The lowest BCUT2D eigenvalue weighted by atomic mass is 10.2. The Bertz CT molecular complexity index is 1090. The minimum atomic E-state index is -3.69. The summed E-state index contributed by atoms with van der Waals surface area (Å²) >= 11 is 0. The molecular formula is C23H28N2O7S. The number of ether oxygens (including phenoxy) is 3. The summed E-state index contributed by atoms with van der Waals surface area (Å²) in [6.07, 6.45) is 3.68. The maximum Gasteiger partial charge on any atom is 0.337 e. The normalized spacial score (nSPS) is 14.7. The highest BCUT2D eigenvalue weighted by molar-refractivity contribution is 7.89. The summed E-state index contributed by atoms with van der Waals surface area (Å²) in [5.41, 5.74) is 0.522. The largest absolute Gasteiger partial charge is 0.495 e. The number of sulfonamides is 1. The van der Waals surface area contributed by atoms with Crippen molar-refractivity contribution in [3.8, 4) is 11.5 Å². The fraction of sp³-hybridized carbons (Fsp3) is 0.391. The van der Waals surface area contributed by atoms with Crippen LogP contribution in [0.4, 0.5) is 5.69 Å². The third-order valence-corrected chi connectivity index (χ3v) is 7.17. The van der Waals surface area contributed by atoms with Crippen LogP contribution in [0.3, 0.4) is 0 Å². The van der Waals surface area contributed by atoms with Crippen LogP contribution in [0, 0.1) is 0 Å². The van der Waals surface area contributed by atoms with Crippen LogP contribution in [0.25, 0.3) is 0 Å². The van der Waals surface area contributed by atoms with Crippen LogP contribution in [-0.4, -0.2) is 58.5 Å². The molecule has 1 heterocycles. The van der Waals surface area contributed by atoms with Gasteiger partial charge in [-0.1, -0.05) is 18.9 Å². The molecule has 10 heteroatoms. The lowest BCUT2D eigenvalue weighted by molar-refractivity contribution is -0.118. The average Bonchev–Trinajstić information content (AvgIpc) is 3.12. The van der Waals surface area contributed by atoms with E-state index in [4.69, 9.17) is 9.47 Å². The van der Waals surface area contributed by atoms with E-state index in [0.29, 0.717) is 30.2 Å². The summed E-state index contributed by atoms with van der Waals surface area (Å²) in [7, 11) is -0.979. The van der Waals surface area contributed by atoms with E-state index >= 15 is 0 Å². The van der Waals surface area contributed by atoms with Crippen molar-refractivity contribution in [1.29, 1.82) is 0 Å². The first-order valence-corrected chi connectivity index (χ1v) is 12.1. The second-order valence-corrected chi connectivity index (χ2v) is 9.47. The summed E-state index contributed by atoms with van der Waals surface area (Å²) in [6.45, 7) is 0.611. The predicted octanol–water partition coefficient (Wildman–Crippen LogP) is 3.06. The van der Waals surface area contributed by atoms with Crippen molar-refractivity contribution in [2.75, 3.05) is 39.2 Å². The van der Waals surface area contributed by atoms with Gasteiger partial charge >= 0.3 is 5.97 Å². The topological polar surface area (TPSA) is 111 Å². The molecule has 1 amide bonds. The monoisotopic (exact) mass is 476 g/mol. The number of anilines is 1. The van der Waals surface area contributed by atoms with E-state index < -0.39 is 21.9 Å². The van der Waals surface area contributed by atoms with Crippen LogP contribution >= 0.6 is 0 Å². The van der Waals surface area contributed by atoms with E-state index in [1.54, 1.807) is 18.2 Å². The van der Waals surface area contributed by atoms with Gasteiger partial charge in [0.2, 0.25) is 10.0 Å². The van der Waals surface area contributed by atoms with Gasteiger partial charge < -0.3 is 19.5 Å². The molecule has 2 aromatic carbocycles. The molecule has 9 nitrogen and oxygen atoms in total. The van der Waals surface area contributed by atoms with Gasteiger partial charge in [-0.2, -0.15) is 4.31 Å². The number of hydrogen-bond acceptors (Lipinski definition) is 7. The molecule has 178 valence electrons. The molecule has 0 radical (unpaired) electrons. The van der Waals surface area contributed by atoms with Gasteiger partial charge in [0.05, 0.1) is 30.4 Å². The van der Waals surface area contributed by atoms with Crippen molar-refractivity contribution < 1.29 is 32.2 Å². The zero-order valence-electron chi connectivity index (χ0n) is 18.7. The second kappa shape index (κ2) is 11.2. The van der Waals surface area contributed by atoms with Crippen molar-refractivity contribution in [1.82, 2.24) is 4.31 Å². The van der Waals surface area contributed by atoms with Gasteiger partial charge in [0.25, 0.3) is 5.91 Å². The summed E-state index contributed by atoms with van der Waals surface area (Å²) in [5.74, 6) is -0.387. The highest BCUT2D eigenvalue weighted by Crippen LogP contribution is 2.30. The van der Waals surface area contributed by atoms with Crippen molar-refractivity contribution in [2.45, 2.75) is 30.6 Å². The van der Waals surface area contributed by atoms with E-state index in [9.17, 15) is 18.0 Å². The molecule has 0 unspecified atom stereocenters. The molecule has 1 saturated heterocycles. The van der Waals surface area contributed by atoms with Crippen LogP contribution in [-0.2, 0) is 19.6 Å². The van der Waals surface area contributed by atoms with Gasteiger partial charge in [0, 0.05) is 13.1 Å². The van der Waals surface area contributed by atoms with Crippen molar-refractivity contribution in [3.05, 3.63) is 48.0 Å². The average molecular weight is 477 g/mol. The number of nitrogens with one attached hydrogen (secondary N) is 1. The number of benzene rings is 2. The fourth-order valence-electron chi connectivity index (χ4n) is 3.54. The molecule has 1 aliphatic rings. The summed E-state index contributed by atoms with van der Waals surface area (Å²) in [5, 5.41) is 2.64. The van der Waals surface area contributed by atoms with Gasteiger partial charge in [0.1, 0.15) is 11.5 Å². The lowest BCUT2D eigenvalue weighted by Crippen LogP contribution is -2.32. The predicted molar refractivity (Wildman–Crippen MR) is 122 cm³/mol. The Morgan fingerprint density at radius 3 is 2.39 bits per heavy atom. The van der Waals surface area contributed by atoms with E-state index in [0.717, 1.165) is 25.7 Å². The Kier molecular flexibility index (Phi) is 8.29. The van der Waals surface area contributed by atoms with Crippen molar-refractivity contribution >= 4 is 27.6 Å². The Morgan fingerprint density at radius 2 is 1.73 bits per heavy atom. The Labute approximate surface area is 193 Å². The van der Waals surface area contributed by atoms with E-state index in [2.05, 4.69) is 10.1 Å². The standard InChI is InChI=1S/C23H28N2O7S/c1-30-21-11-10-19(33(28,29)25-12-5-3-4-6-13-25)15-20(21)24-22(26)16-32-18-9-7-8-17(14-18)23(27)31-2/h7-11,14-15H,3-6,12-13,16H2,1-2H3,(H,24,26). The van der Waals surface area contributed by atoms with Crippen LogP contribution in [0.2, 0.25) is 0 Å². The van der Waals surface area contributed by atoms with Gasteiger partial charge in [0.15, 0.2) is 6.61 Å². The molecule has 3 rings (SSSR count). The number of carbonyl (C=O) groups excluding carboxylic acids is 2. The third kappa shape index (κ3) is 6.23. The van der Waals surface area contributed by atoms with Gasteiger partial charge in [-0.3, -0.25) is 4.79 Å².